The molecule has 1 saturated heterocycles. The Morgan fingerprint density at radius 2 is 2.00 bits per heavy atom. The summed E-state index contributed by atoms with van der Waals surface area (Å²) >= 11 is 0. The highest BCUT2D eigenvalue weighted by atomic mass is 19.4. The van der Waals surface area contributed by atoms with Crippen LogP contribution in [0.15, 0.2) is 24.7 Å². The molecule has 2 aliphatic rings. The number of carbonyl (C=O) groups is 1. The summed E-state index contributed by atoms with van der Waals surface area (Å²) in [6.45, 7) is 1.38. The molecule has 13 heteroatoms. The van der Waals surface area contributed by atoms with Gasteiger partial charge >= 0.3 is 6.18 Å². The fourth-order valence-corrected chi connectivity index (χ4v) is 4.52. The molecular weight excluding hydrogens is 482 g/mol. The van der Waals surface area contributed by atoms with E-state index in [1.165, 1.54) is 12.4 Å². The van der Waals surface area contributed by atoms with Crippen LogP contribution in [-0.2, 0) is 17.5 Å². The molecule has 0 spiro atoms. The molecule has 0 unspecified atom stereocenters. The molecule has 2 fully saturated rings. The van der Waals surface area contributed by atoms with Crippen LogP contribution in [0.5, 0.6) is 0 Å². The summed E-state index contributed by atoms with van der Waals surface area (Å²) in [7, 11) is 0. The molecule has 9 nitrogen and oxygen atoms in total. The summed E-state index contributed by atoms with van der Waals surface area (Å²) in [5.41, 5.74) is 4.74. The number of rotatable bonds is 9. The average Bonchev–Trinajstić information content (AvgIpc) is 2.77. The highest BCUT2D eigenvalue weighted by Crippen LogP contribution is 2.33. The van der Waals surface area contributed by atoms with Gasteiger partial charge in [0, 0.05) is 37.8 Å². The highest BCUT2D eigenvalue weighted by molar-refractivity contribution is 5.75. The summed E-state index contributed by atoms with van der Waals surface area (Å²) in [6.07, 6.45) is 0.340. The molecule has 2 atom stereocenters. The van der Waals surface area contributed by atoms with Crippen LogP contribution in [0.2, 0.25) is 0 Å². The van der Waals surface area contributed by atoms with E-state index in [0.29, 0.717) is 25.1 Å². The minimum atomic E-state index is -4.53. The van der Waals surface area contributed by atoms with Crippen LogP contribution in [-0.4, -0.2) is 69.2 Å². The molecule has 4 N–H and O–H groups in total. The summed E-state index contributed by atoms with van der Waals surface area (Å²) in [5.74, 6) is -1.24. The number of nitrogens with zero attached hydrogens (tertiary/aromatic N) is 5. The van der Waals surface area contributed by atoms with Gasteiger partial charge in [0.25, 0.3) is 0 Å². The van der Waals surface area contributed by atoms with Crippen molar-refractivity contribution < 1.29 is 27.5 Å². The largest absolute Gasteiger partial charge is 0.433 e. The Labute approximate surface area is 205 Å². The molecule has 36 heavy (non-hydrogen) atoms. The van der Waals surface area contributed by atoms with Gasteiger partial charge in [-0.1, -0.05) is 6.07 Å². The van der Waals surface area contributed by atoms with Gasteiger partial charge in [0.15, 0.2) is 11.6 Å². The molecule has 1 aliphatic heterocycles. The lowest BCUT2D eigenvalue weighted by molar-refractivity contribution is -0.141. The van der Waals surface area contributed by atoms with Crippen LogP contribution in [0, 0.1) is 11.7 Å². The number of pyridine rings is 1. The number of piperidine rings is 1. The Morgan fingerprint density at radius 3 is 2.58 bits per heavy atom. The predicted molar refractivity (Wildman–Crippen MR) is 123 cm³/mol. The molecule has 1 aliphatic carbocycles. The number of hydrogen-bond donors (Lipinski definition) is 3. The van der Waals surface area contributed by atoms with E-state index in [9.17, 15) is 23.1 Å². The Kier molecular flexibility index (Phi) is 7.88. The molecule has 2 aromatic heterocycles. The number of aromatic nitrogens is 3. The van der Waals surface area contributed by atoms with Crippen molar-refractivity contribution in [3.63, 3.8) is 0 Å². The summed E-state index contributed by atoms with van der Waals surface area (Å²) < 4.78 is 54.1. The first-order valence-electron chi connectivity index (χ1n) is 11.8. The zero-order valence-corrected chi connectivity index (χ0v) is 19.6. The Hall–Kier alpha value is -3.06. The number of hydrogen-bond acceptors (Lipinski definition) is 8. The Morgan fingerprint density at radius 1 is 1.22 bits per heavy atom. The number of nitrogens with one attached hydrogen (secondary N) is 1. The second kappa shape index (κ2) is 10.9. The van der Waals surface area contributed by atoms with Gasteiger partial charge in [-0.15, -0.1) is 0 Å². The van der Waals surface area contributed by atoms with E-state index in [1.54, 1.807) is 9.80 Å². The number of halogens is 4. The normalized spacial score (nSPS) is 21.1. The van der Waals surface area contributed by atoms with Crippen LogP contribution in [0.25, 0.3) is 0 Å². The Bertz CT molecular complexity index is 1050. The van der Waals surface area contributed by atoms with E-state index in [0.717, 1.165) is 31.5 Å². The maximum absolute atomic E-state index is 15.5. The van der Waals surface area contributed by atoms with Gasteiger partial charge in [0.05, 0.1) is 12.6 Å². The van der Waals surface area contributed by atoms with Crippen LogP contribution >= 0.6 is 0 Å². The molecule has 4 rings (SSSR count). The number of primary amides is 1. The van der Waals surface area contributed by atoms with E-state index >= 15 is 4.39 Å². The summed E-state index contributed by atoms with van der Waals surface area (Å²) in [5, 5.41) is 13.4. The minimum absolute atomic E-state index is 0.000878. The second-order valence-corrected chi connectivity index (χ2v) is 9.32. The second-order valence-electron chi connectivity index (χ2n) is 9.32. The number of amides is 1. The van der Waals surface area contributed by atoms with E-state index in [1.807, 2.05) is 0 Å². The standard InChI is InChI=1S/C23H29F4N7O2/c24-20-21(30-9-15-6-7-33(11-17(15)35)12-19(28)36)31-13-32-22(20)34(16-2-1-3-16)10-14-4-5-18(29-8-14)23(25,26)27/h4-5,8,13,15-17,35H,1-3,6-7,9-12H2,(H2,28,36)(H,30,31,32)/t15-,17+/m1/s1. The van der Waals surface area contributed by atoms with Gasteiger partial charge in [0.2, 0.25) is 11.7 Å². The monoisotopic (exact) mass is 511 g/mol. The maximum Gasteiger partial charge on any atom is 0.433 e. The molecule has 1 saturated carbocycles. The number of likely N-dealkylation sites (tertiary alicyclic amines) is 1. The van der Waals surface area contributed by atoms with E-state index in [4.69, 9.17) is 5.73 Å². The SMILES string of the molecule is NC(=O)CN1CC[C@H](CNc2ncnc(N(Cc3ccc(C(F)(F)F)nc3)C3CCC3)c2F)[C@@H](O)C1. The predicted octanol–water partition coefficient (Wildman–Crippen LogP) is 2.17. The maximum atomic E-state index is 15.5. The molecule has 3 heterocycles. The van der Waals surface area contributed by atoms with Crippen molar-refractivity contribution in [3.05, 3.63) is 41.7 Å². The van der Waals surface area contributed by atoms with Gasteiger partial charge < -0.3 is 21.1 Å². The zero-order chi connectivity index (χ0) is 25.9. The molecule has 0 radical (unpaired) electrons. The lowest BCUT2D eigenvalue weighted by Crippen LogP contribution is -2.48. The number of nitrogens with two attached hydrogens (primary N) is 1. The first-order chi connectivity index (χ1) is 17.1. The topological polar surface area (TPSA) is 120 Å². The lowest BCUT2D eigenvalue weighted by Gasteiger charge is -2.38. The van der Waals surface area contributed by atoms with Crippen molar-refractivity contribution in [2.75, 3.05) is 36.4 Å². The van der Waals surface area contributed by atoms with Gasteiger partial charge in [0.1, 0.15) is 12.0 Å². The van der Waals surface area contributed by atoms with E-state index in [-0.39, 0.29) is 43.2 Å². The molecule has 2 aromatic rings. The molecular formula is C23H29F4N7O2. The average molecular weight is 512 g/mol. The van der Waals surface area contributed by atoms with Crippen LogP contribution in [0.4, 0.5) is 29.2 Å². The number of carbonyl (C=O) groups excluding carboxylic acids is 1. The number of aliphatic hydroxyl groups excluding tert-OH is 1. The third-order valence-electron chi connectivity index (χ3n) is 6.74. The molecule has 1 amide bonds. The first kappa shape index (κ1) is 26.0. The zero-order valence-electron chi connectivity index (χ0n) is 19.6. The van der Waals surface area contributed by atoms with Crippen molar-refractivity contribution in [3.8, 4) is 0 Å². The quantitative estimate of drug-likeness (QED) is 0.438. The third-order valence-corrected chi connectivity index (χ3v) is 6.74. The highest BCUT2D eigenvalue weighted by Gasteiger charge is 2.33. The molecule has 0 bridgehead atoms. The van der Waals surface area contributed by atoms with Crippen LogP contribution in [0.3, 0.4) is 0 Å². The number of anilines is 2. The first-order valence-corrected chi connectivity index (χ1v) is 11.8. The van der Waals surface area contributed by atoms with Crippen LogP contribution in [0.1, 0.15) is 36.9 Å². The van der Waals surface area contributed by atoms with Crippen molar-refractivity contribution in [1.29, 1.82) is 0 Å². The fraction of sp³-hybridized carbons (Fsp3) is 0.565. The minimum Gasteiger partial charge on any atom is -0.391 e. The smallest absolute Gasteiger partial charge is 0.391 e. The van der Waals surface area contributed by atoms with Crippen LogP contribution < -0.4 is 16.0 Å². The van der Waals surface area contributed by atoms with E-state index < -0.39 is 29.7 Å². The van der Waals surface area contributed by atoms with E-state index in [2.05, 4.69) is 20.3 Å². The summed E-state index contributed by atoms with van der Waals surface area (Å²) in [4.78, 5) is 26.3. The van der Waals surface area contributed by atoms with Crippen molar-refractivity contribution in [2.24, 2.45) is 11.7 Å². The lowest BCUT2D eigenvalue weighted by atomic mass is 9.91. The molecule has 196 valence electrons. The van der Waals surface area contributed by atoms with Crippen molar-refractivity contribution in [1.82, 2.24) is 19.9 Å². The van der Waals surface area contributed by atoms with Crippen molar-refractivity contribution >= 4 is 17.5 Å². The fourth-order valence-electron chi connectivity index (χ4n) is 4.52. The number of β-amino-alcohol motifs (C(OH)–C–C–N with tert-alkyl or cyclic N) is 1. The van der Waals surface area contributed by atoms with Crippen molar-refractivity contribution in [2.45, 2.75) is 50.6 Å². The number of aliphatic hydroxyl groups is 1. The third kappa shape index (κ3) is 6.19. The van der Waals surface area contributed by atoms with Gasteiger partial charge in [-0.2, -0.15) is 17.6 Å². The number of alkyl halides is 3. The van der Waals surface area contributed by atoms with Gasteiger partial charge in [-0.25, -0.2) is 9.97 Å². The van der Waals surface area contributed by atoms with Gasteiger partial charge in [-0.3, -0.25) is 14.7 Å². The summed E-state index contributed by atoms with van der Waals surface area (Å²) in [6, 6.07) is 2.25. The van der Waals surface area contributed by atoms with Gasteiger partial charge in [-0.05, 0) is 43.9 Å². The molecule has 0 aromatic carbocycles. The Balaban J connectivity index is 1.45.